The van der Waals surface area contributed by atoms with E-state index in [0.717, 1.165) is 11.1 Å². The van der Waals surface area contributed by atoms with E-state index < -0.39 is 22.0 Å². The number of nitrogens with one attached hydrogen (secondary N) is 2. The first-order chi connectivity index (χ1) is 10.8. The van der Waals surface area contributed by atoms with Crippen molar-refractivity contribution in [2.75, 3.05) is 5.32 Å². The molecule has 0 radical (unpaired) electrons. The number of benzene rings is 2. The second kappa shape index (κ2) is 6.93. The van der Waals surface area contributed by atoms with Gasteiger partial charge in [0, 0.05) is 5.69 Å². The topological polar surface area (TPSA) is 75.3 Å². The molecule has 0 aliphatic rings. The molecule has 1 atom stereocenters. The first-order valence-corrected chi connectivity index (χ1v) is 8.73. The lowest BCUT2D eigenvalue weighted by Crippen LogP contribution is -2.41. The van der Waals surface area contributed by atoms with Crippen LogP contribution in [0, 0.1) is 13.8 Å². The molecule has 122 valence electrons. The highest BCUT2D eigenvalue weighted by Gasteiger charge is 2.22. The standard InChI is InChI=1S/C17H20N2O3S/c1-12-9-10-13(2)16(11-12)18-17(20)14(3)19-23(21,22)15-7-5-4-6-8-15/h4-11,14,19H,1-3H3,(H,18,20)/t14-/m1/s1. The summed E-state index contributed by atoms with van der Waals surface area (Å²) in [6.07, 6.45) is 0. The van der Waals surface area contributed by atoms with E-state index in [2.05, 4.69) is 10.0 Å². The lowest BCUT2D eigenvalue weighted by Gasteiger charge is -2.16. The molecule has 2 aromatic rings. The minimum Gasteiger partial charge on any atom is -0.324 e. The predicted molar refractivity (Wildman–Crippen MR) is 90.8 cm³/mol. The lowest BCUT2D eigenvalue weighted by atomic mass is 10.1. The number of carbonyl (C=O) groups is 1. The maximum atomic E-state index is 12.2. The van der Waals surface area contributed by atoms with Gasteiger partial charge in [-0.15, -0.1) is 0 Å². The van der Waals surface area contributed by atoms with Gasteiger partial charge in [-0.2, -0.15) is 4.72 Å². The normalized spacial score (nSPS) is 12.7. The predicted octanol–water partition coefficient (Wildman–Crippen LogP) is 2.61. The molecule has 1 amide bonds. The molecule has 0 saturated heterocycles. The highest BCUT2D eigenvalue weighted by atomic mass is 32.2. The van der Waals surface area contributed by atoms with E-state index in [-0.39, 0.29) is 4.90 Å². The Labute approximate surface area is 136 Å². The van der Waals surface area contributed by atoms with Crippen molar-refractivity contribution in [3.8, 4) is 0 Å². The van der Waals surface area contributed by atoms with Gasteiger partial charge in [-0.05, 0) is 50.1 Å². The molecule has 6 heteroatoms. The third kappa shape index (κ3) is 4.40. The van der Waals surface area contributed by atoms with Crippen LogP contribution in [-0.4, -0.2) is 20.4 Å². The summed E-state index contributed by atoms with van der Waals surface area (Å²) in [5.41, 5.74) is 2.62. The van der Waals surface area contributed by atoms with Crippen LogP contribution in [0.1, 0.15) is 18.1 Å². The molecule has 0 saturated carbocycles. The van der Waals surface area contributed by atoms with E-state index >= 15 is 0 Å². The smallest absolute Gasteiger partial charge is 0.242 e. The number of hydrogen-bond donors (Lipinski definition) is 2. The molecular formula is C17H20N2O3S. The fourth-order valence-electron chi connectivity index (χ4n) is 2.07. The van der Waals surface area contributed by atoms with Crippen LogP contribution >= 0.6 is 0 Å². The van der Waals surface area contributed by atoms with E-state index in [1.807, 2.05) is 32.0 Å². The molecule has 23 heavy (non-hydrogen) atoms. The average molecular weight is 332 g/mol. The van der Waals surface area contributed by atoms with Crippen LogP contribution in [0.5, 0.6) is 0 Å². The fraction of sp³-hybridized carbons (Fsp3) is 0.235. The summed E-state index contributed by atoms with van der Waals surface area (Å²) >= 11 is 0. The summed E-state index contributed by atoms with van der Waals surface area (Å²) in [6, 6.07) is 12.8. The molecule has 0 aromatic heterocycles. The quantitative estimate of drug-likeness (QED) is 0.884. The number of carbonyl (C=O) groups excluding carboxylic acids is 1. The van der Waals surface area contributed by atoms with Gasteiger partial charge in [-0.1, -0.05) is 30.3 Å². The molecular weight excluding hydrogens is 312 g/mol. The number of amides is 1. The monoisotopic (exact) mass is 332 g/mol. The number of anilines is 1. The zero-order valence-electron chi connectivity index (χ0n) is 13.3. The Kier molecular flexibility index (Phi) is 5.18. The Hall–Kier alpha value is -2.18. The zero-order valence-corrected chi connectivity index (χ0v) is 14.1. The van der Waals surface area contributed by atoms with Gasteiger partial charge in [0.1, 0.15) is 0 Å². The fourth-order valence-corrected chi connectivity index (χ4v) is 3.29. The van der Waals surface area contributed by atoms with Crippen molar-refractivity contribution in [1.29, 1.82) is 0 Å². The SMILES string of the molecule is Cc1ccc(C)c(NC(=O)[C@@H](C)NS(=O)(=O)c2ccccc2)c1. The van der Waals surface area contributed by atoms with E-state index in [9.17, 15) is 13.2 Å². The Bertz CT molecular complexity index is 802. The molecule has 0 unspecified atom stereocenters. The minimum atomic E-state index is -3.73. The summed E-state index contributed by atoms with van der Waals surface area (Å²) in [5.74, 6) is -0.404. The van der Waals surface area contributed by atoms with Gasteiger partial charge in [0.25, 0.3) is 0 Å². The summed E-state index contributed by atoms with van der Waals surface area (Å²) in [6.45, 7) is 5.32. The van der Waals surface area contributed by atoms with Crippen molar-refractivity contribution in [2.45, 2.75) is 31.7 Å². The van der Waals surface area contributed by atoms with Gasteiger partial charge in [-0.25, -0.2) is 8.42 Å². The molecule has 0 heterocycles. The van der Waals surface area contributed by atoms with Gasteiger partial charge in [0.15, 0.2) is 0 Å². The van der Waals surface area contributed by atoms with Gasteiger partial charge in [0.2, 0.25) is 15.9 Å². The zero-order chi connectivity index (χ0) is 17.0. The van der Waals surface area contributed by atoms with Crippen LogP contribution in [-0.2, 0) is 14.8 Å². The van der Waals surface area contributed by atoms with Crippen LogP contribution in [0.25, 0.3) is 0 Å². The van der Waals surface area contributed by atoms with E-state index in [0.29, 0.717) is 5.69 Å². The van der Waals surface area contributed by atoms with Crippen LogP contribution in [0.2, 0.25) is 0 Å². The molecule has 0 spiro atoms. The van der Waals surface area contributed by atoms with Crippen molar-refractivity contribution in [2.24, 2.45) is 0 Å². The van der Waals surface area contributed by atoms with Gasteiger partial charge < -0.3 is 5.32 Å². The van der Waals surface area contributed by atoms with E-state index in [1.54, 1.807) is 18.2 Å². The number of hydrogen-bond acceptors (Lipinski definition) is 3. The van der Waals surface area contributed by atoms with Crippen molar-refractivity contribution in [3.05, 3.63) is 59.7 Å². The van der Waals surface area contributed by atoms with Crippen LogP contribution in [0.15, 0.2) is 53.4 Å². The van der Waals surface area contributed by atoms with Crippen LogP contribution in [0.4, 0.5) is 5.69 Å². The van der Waals surface area contributed by atoms with E-state index in [1.165, 1.54) is 19.1 Å². The van der Waals surface area contributed by atoms with Gasteiger partial charge in [-0.3, -0.25) is 4.79 Å². The molecule has 0 bridgehead atoms. The molecule has 0 aliphatic heterocycles. The van der Waals surface area contributed by atoms with Crippen molar-refractivity contribution in [3.63, 3.8) is 0 Å². The van der Waals surface area contributed by atoms with Crippen molar-refractivity contribution in [1.82, 2.24) is 4.72 Å². The van der Waals surface area contributed by atoms with Crippen LogP contribution < -0.4 is 10.0 Å². The molecule has 0 fully saturated rings. The molecule has 2 N–H and O–H groups in total. The molecule has 5 nitrogen and oxygen atoms in total. The largest absolute Gasteiger partial charge is 0.324 e. The second-order valence-corrected chi connectivity index (χ2v) is 7.18. The molecule has 2 aromatic carbocycles. The third-order valence-corrected chi connectivity index (χ3v) is 4.99. The van der Waals surface area contributed by atoms with Crippen LogP contribution in [0.3, 0.4) is 0 Å². The Morgan fingerprint density at radius 2 is 1.70 bits per heavy atom. The Morgan fingerprint density at radius 3 is 2.35 bits per heavy atom. The summed E-state index contributed by atoms with van der Waals surface area (Å²) < 4.78 is 26.8. The van der Waals surface area contributed by atoms with Crippen molar-refractivity contribution >= 4 is 21.6 Å². The molecule has 0 aliphatic carbocycles. The average Bonchev–Trinajstić information content (AvgIpc) is 2.51. The lowest BCUT2D eigenvalue weighted by molar-refractivity contribution is -0.117. The second-order valence-electron chi connectivity index (χ2n) is 5.46. The van der Waals surface area contributed by atoms with Gasteiger partial charge >= 0.3 is 0 Å². The van der Waals surface area contributed by atoms with Gasteiger partial charge in [0.05, 0.1) is 10.9 Å². The summed E-state index contributed by atoms with van der Waals surface area (Å²) in [4.78, 5) is 12.4. The minimum absolute atomic E-state index is 0.131. The number of rotatable bonds is 5. The molecule has 2 rings (SSSR count). The summed E-state index contributed by atoms with van der Waals surface area (Å²) in [7, 11) is -3.73. The highest BCUT2D eigenvalue weighted by Crippen LogP contribution is 2.17. The Morgan fingerprint density at radius 1 is 1.04 bits per heavy atom. The maximum Gasteiger partial charge on any atom is 0.242 e. The highest BCUT2D eigenvalue weighted by molar-refractivity contribution is 7.89. The van der Waals surface area contributed by atoms with Crippen molar-refractivity contribution < 1.29 is 13.2 Å². The maximum absolute atomic E-state index is 12.2. The number of aryl methyl sites for hydroxylation is 2. The third-order valence-electron chi connectivity index (χ3n) is 3.43. The van der Waals surface area contributed by atoms with E-state index in [4.69, 9.17) is 0 Å². The number of sulfonamides is 1. The first kappa shape index (κ1) is 17.2. The summed E-state index contributed by atoms with van der Waals surface area (Å²) in [5, 5.41) is 2.76. The Balaban J connectivity index is 2.10. The first-order valence-electron chi connectivity index (χ1n) is 7.25.